The predicted molar refractivity (Wildman–Crippen MR) is 142 cm³/mol. The molecule has 0 amide bonds. The molecule has 6 rings (SSSR count). The number of rotatable bonds is 8. The van der Waals surface area contributed by atoms with E-state index in [-0.39, 0.29) is 0 Å². The number of fused-ring (bicyclic) bond motifs is 2. The topological polar surface area (TPSA) is 85.3 Å². The quantitative estimate of drug-likeness (QED) is 0.328. The Morgan fingerprint density at radius 3 is 2.39 bits per heavy atom. The maximum Gasteiger partial charge on any atom is 0.274 e. The monoisotopic (exact) mass is 520 g/mol. The molecule has 1 aliphatic carbocycles. The van der Waals surface area contributed by atoms with E-state index in [0.29, 0.717) is 34.4 Å². The lowest BCUT2D eigenvalue weighted by Gasteiger charge is -2.19. The Hall–Kier alpha value is -3.04. The number of aromatic nitrogens is 3. The lowest BCUT2D eigenvalue weighted by atomic mass is 10.1. The van der Waals surface area contributed by atoms with E-state index >= 15 is 0 Å². The van der Waals surface area contributed by atoms with Crippen molar-refractivity contribution in [2.24, 2.45) is 17.8 Å². The van der Waals surface area contributed by atoms with E-state index in [1.807, 2.05) is 36.7 Å². The minimum Gasteiger partial charge on any atom is -0.470 e. The van der Waals surface area contributed by atoms with Gasteiger partial charge in [-0.1, -0.05) is 42.9 Å². The van der Waals surface area contributed by atoms with Gasteiger partial charge in [0.05, 0.1) is 21.7 Å². The summed E-state index contributed by atoms with van der Waals surface area (Å²) in [7, 11) is -3.20. The molecule has 0 radical (unpaired) electrons. The van der Waals surface area contributed by atoms with Crippen LogP contribution in [0, 0.1) is 17.8 Å². The van der Waals surface area contributed by atoms with E-state index in [1.54, 1.807) is 23.5 Å². The van der Waals surface area contributed by atoms with Crippen molar-refractivity contribution in [1.82, 2.24) is 15.0 Å². The molecule has 36 heavy (non-hydrogen) atoms. The van der Waals surface area contributed by atoms with Crippen LogP contribution >= 0.6 is 11.3 Å². The van der Waals surface area contributed by atoms with Gasteiger partial charge >= 0.3 is 0 Å². The summed E-state index contributed by atoms with van der Waals surface area (Å²) in [6, 6.07) is 13.1. The van der Waals surface area contributed by atoms with Crippen molar-refractivity contribution in [3.05, 3.63) is 60.4 Å². The Bertz CT molecular complexity index is 1490. The second-order valence-corrected chi connectivity index (χ2v) is 12.8. The molecule has 1 saturated heterocycles. The molecule has 9 heteroatoms. The highest BCUT2D eigenvalue weighted by molar-refractivity contribution is 7.90. The van der Waals surface area contributed by atoms with Gasteiger partial charge < -0.3 is 9.64 Å². The molecule has 2 aromatic carbocycles. The molecule has 0 spiro atoms. The SMILES string of the molecule is CCCc1cnc(N2C[C@@H]3[C@@H](COc4nc5ccc(-c6ccc(S(C)(=O)=O)cc6)cc5s4)[C@@H]3C2)nc1. The van der Waals surface area contributed by atoms with Crippen LogP contribution in [0.5, 0.6) is 5.19 Å². The van der Waals surface area contributed by atoms with Crippen LogP contribution in [0.25, 0.3) is 21.3 Å². The fourth-order valence-corrected chi connectivity index (χ4v) is 6.69. The standard InChI is InChI=1S/C27H28N4O3S2/c1-3-4-17-12-28-26(29-13-17)31-14-21-22(15-31)23(21)16-34-27-30-24-10-7-19(11-25(24)35-27)18-5-8-20(9-6-18)36(2,32)33/h5-13,21-23H,3-4,14-16H2,1-2H3/t21-,22+,23+. The second-order valence-electron chi connectivity index (χ2n) is 9.81. The summed E-state index contributed by atoms with van der Waals surface area (Å²) in [5, 5.41) is 0.700. The Balaban J connectivity index is 1.06. The van der Waals surface area contributed by atoms with E-state index in [4.69, 9.17) is 4.74 Å². The first-order valence-electron chi connectivity index (χ1n) is 12.3. The molecule has 186 valence electrons. The maximum absolute atomic E-state index is 11.7. The zero-order valence-corrected chi connectivity index (χ0v) is 21.9. The second kappa shape index (κ2) is 9.12. The molecule has 0 bridgehead atoms. The zero-order valence-electron chi connectivity index (χ0n) is 20.3. The van der Waals surface area contributed by atoms with Crippen molar-refractivity contribution >= 4 is 37.3 Å². The van der Waals surface area contributed by atoms with E-state index in [9.17, 15) is 8.42 Å². The molecular weight excluding hydrogens is 492 g/mol. The highest BCUT2D eigenvalue weighted by Gasteiger charge is 2.56. The number of benzene rings is 2. The van der Waals surface area contributed by atoms with E-state index in [1.165, 1.54) is 11.8 Å². The van der Waals surface area contributed by atoms with Crippen LogP contribution < -0.4 is 9.64 Å². The van der Waals surface area contributed by atoms with Crippen LogP contribution in [0.1, 0.15) is 18.9 Å². The Labute approximate surface area is 215 Å². The number of aryl methyl sites for hydroxylation is 1. The van der Waals surface area contributed by atoms with Crippen LogP contribution in [-0.4, -0.2) is 49.3 Å². The molecule has 4 aromatic rings. The number of ether oxygens (including phenoxy) is 1. The van der Waals surface area contributed by atoms with Gasteiger partial charge in [0, 0.05) is 37.7 Å². The van der Waals surface area contributed by atoms with E-state index in [2.05, 4.69) is 32.8 Å². The minimum absolute atomic E-state index is 0.325. The molecule has 0 N–H and O–H groups in total. The van der Waals surface area contributed by atoms with E-state index < -0.39 is 9.84 Å². The van der Waals surface area contributed by atoms with Crippen LogP contribution in [-0.2, 0) is 16.3 Å². The van der Waals surface area contributed by atoms with Gasteiger partial charge in [-0.25, -0.2) is 23.4 Å². The predicted octanol–water partition coefficient (Wildman–Crippen LogP) is 4.87. The summed E-state index contributed by atoms with van der Waals surface area (Å²) in [6.07, 6.45) is 7.27. The molecule has 1 saturated carbocycles. The van der Waals surface area contributed by atoms with Crippen molar-refractivity contribution < 1.29 is 13.2 Å². The van der Waals surface area contributed by atoms with Crippen molar-refractivity contribution in [1.29, 1.82) is 0 Å². The molecule has 2 aliphatic rings. The number of anilines is 1. The summed E-state index contributed by atoms with van der Waals surface area (Å²) in [5.41, 5.74) is 4.11. The Morgan fingerprint density at radius 2 is 1.72 bits per heavy atom. The molecular formula is C27H28N4O3S2. The Morgan fingerprint density at radius 1 is 1.03 bits per heavy atom. The Kier molecular flexibility index (Phi) is 5.92. The van der Waals surface area contributed by atoms with Crippen LogP contribution in [0.2, 0.25) is 0 Å². The van der Waals surface area contributed by atoms with Gasteiger partial charge in [0.2, 0.25) is 5.95 Å². The van der Waals surface area contributed by atoms with Gasteiger partial charge in [0.15, 0.2) is 9.84 Å². The first kappa shape index (κ1) is 23.4. The minimum atomic E-state index is -3.20. The number of hydrogen-bond donors (Lipinski definition) is 0. The number of piperidine rings is 1. The first-order valence-corrected chi connectivity index (χ1v) is 15.0. The smallest absolute Gasteiger partial charge is 0.274 e. The van der Waals surface area contributed by atoms with Gasteiger partial charge in [-0.15, -0.1) is 0 Å². The van der Waals surface area contributed by atoms with Crippen LogP contribution in [0.4, 0.5) is 5.95 Å². The fourth-order valence-electron chi connectivity index (χ4n) is 5.20. The molecule has 2 aromatic heterocycles. The molecule has 0 unspecified atom stereocenters. The number of nitrogens with zero attached hydrogens (tertiary/aromatic N) is 4. The van der Waals surface area contributed by atoms with Crippen LogP contribution in [0.15, 0.2) is 59.8 Å². The zero-order chi connectivity index (χ0) is 24.9. The van der Waals surface area contributed by atoms with Gasteiger partial charge in [-0.05, 0) is 59.2 Å². The normalized spacial score (nSPS) is 21.1. The van der Waals surface area contributed by atoms with Crippen molar-refractivity contribution in [2.45, 2.75) is 24.7 Å². The van der Waals surface area contributed by atoms with Gasteiger partial charge in [0.25, 0.3) is 5.19 Å². The molecule has 3 heterocycles. The molecule has 1 aliphatic heterocycles. The first-order chi connectivity index (χ1) is 17.4. The number of hydrogen-bond acceptors (Lipinski definition) is 8. The van der Waals surface area contributed by atoms with Crippen molar-refractivity contribution in [3.63, 3.8) is 0 Å². The highest BCUT2D eigenvalue weighted by Crippen LogP contribution is 2.52. The number of sulfone groups is 1. The van der Waals surface area contributed by atoms with Gasteiger partial charge in [-0.2, -0.15) is 0 Å². The molecule has 2 fully saturated rings. The molecule has 7 nitrogen and oxygen atoms in total. The number of thiazole rings is 1. The lowest BCUT2D eigenvalue weighted by Crippen LogP contribution is -2.27. The summed E-state index contributed by atoms with van der Waals surface area (Å²) in [5.74, 6) is 2.69. The summed E-state index contributed by atoms with van der Waals surface area (Å²) in [6.45, 7) is 4.85. The molecule has 3 atom stereocenters. The van der Waals surface area contributed by atoms with Crippen molar-refractivity contribution in [2.75, 3.05) is 30.9 Å². The summed E-state index contributed by atoms with van der Waals surface area (Å²) in [4.78, 5) is 16.4. The highest BCUT2D eigenvalue weighted by atomic mass is 32.2. The fraction of sp³-hybridized carbons (Fsp3) is 0.370. The van der Waals surface area contributed by atoms with Crippen molar-refractivity contribution in [3.8, 4) is 16.3 Å². The third kappa shape index (κ3) is 4.57. The largest absolute Gasteiger partial charge is 0.470 e. The summed E-state index contributed by atoms with van der Waals surface area (Å²) >= 11 is 1.55. The lowest BCUT2D eigenvalue weighted by molar-refractivity contribution is 0.282. The third-order valence-corrected chi connectivity index (χ3v) is 9.33. The third-order valence-electron chi connectivity index (χ3n) is 7.27. The van der Waals surface area contributed by atoms with E-state index in [0.717, 1.165) is 53.2 Å². The maximum atomic E-state index is 11.7. The van der Waals surface area contributed by atoms with Gasteiger partial charge in [-0.3, -0.25) is 0 Å². The summed E-state index contributed by atoms with van der Waals surface area (Å²) < 4.78 is 30.6. The van der Waals surface area contributed by atoms with Crippen LogP contribution in [0.3, 0.4) is 0 Å². The average molecular weight is 521 g/mol. The average Bonchev–Trinajstić information content (AvgIpc) is 3.19. The van der Waals surface area contributed by atoms with Gasteiger partial charge in [0.1, 0.15) is 0 Å².